The average molecular weight is 556 g/mol. The first kappa shape index (κ1) is 25.0. The summed E-state index contributed by atoms with van der Waals surface area (Å²) in [5.41, 5.74) is 1.98. The minimum Gasteiger partial charge on any atom is -0.493 e. The maximum Gasteiger partial charge on any atom is 0.236 e. The number of benzene rings is 1. The fourth-order valence-corrected chi connectivity index (χ4v) is 3.61. The molecule has 9 heteroatoms. The Morgan fingerprint density at radius 3 is 2.71 bits per heavy atom. The second-order valence-electron chi connectivity index (χ2n) is 6.65. The number of rotatable bonds is 9. The number of aliphatic imine (C=N–C) groups is 1. The van der Waals surface area contributed by atoms with Crippen LogP contribution in [-0.2, 0) is 13.0 Å². The quantitative estimate of drug-likeness (QED) is 0.235. The molecule has 7 nitrogen and oxygen atoms in total. The van der Waals surface area contributed by atoms with Crippen LogP contribution in [0.25, 0.3) is 10.8 Å². The van der Waals surface area contributed by atoms with Crippen molar-refractivity contribution in [2.24, 2.45) is 4.99 Å². The van der Waals surface area contributed by atoms with Gasteiger partial charge in [-0.3, -0.25) is 0 Å². The molecule has 0 atom stereocenters. The summed E-state index contributed by atoms with van der Waals surface area (Å²) in [6.07, 6.45) is 2.53. The Kier molecular flexibility index (Phi) is 10.1. The van der Waals surface area contributed by atoms with E-state index in [4.69, 9.17) is 18.9 Å². The van der Waals surface area contributed by atoms with Crippen LogP contribution >= 0.6 is 35.3 Å². The second kappa shape index (κ2) is 12.6. The van der Waals surface area contributed by atoms with Gasteiger partial charge in [-0.05, 0) is 42.5 Å². The van der Waals surface area contributed by atoms with Gasteiger partial charge in [-0.15, -0.1) is 35.3 Å². The molecule has 3 rings (SSSR count). The Balaban J connectivity index is 0.00000341. The van der Waals surface area contributed by atoms with E-state index in [0.29, 0.717) is 12.4 Å². The topological polar surface area (TPSA) is 72.1 Å². The first-order valence-electron chi connectivity index (χ1n) is 9.83. The maximum absolute atomic E-state index is 5.58. The molecule has 1 N–H and O–H groups in total. The number of ether oxygens (including phenoxy) is 2. The van der Waals surface area contributed by atoms with Crippen LogP contribution in [0.4, 0.5) is 0 Å². The molecule has 1 aromatic carbocycles. The first-order valence-corrected chi connectivity index (χ1v) is 10.7. The number of guanidine groups is 1. The highest BCUT2D eigenvalue weighted by Crippen LogP contribution is 2.27. The van der Waals surface area contributed by atoms with Crippen LogP contribution in [0.1, 0.15) is 18.2 Å². The Bertz CT molecular complexity index is 960. The molecule has 0 aliphatic carbocycles. The van der Waals surface area contributed by atoms with Crippen LogP contribution in [0.15, 0.2) is 51.4 Å². The summed E-state index contributed by atoms with van der Waals surface area (Å²) in [5.74, 6) is 2.95. The molecule has 3 aromatic rings. The molecule has 0 radical (unpaired) electrons. The summed E-state index contributed by atoms with van der Waals surface area (Å²) in [4.78, 5) is 12.4. The SMILES string of the molecule is CCNC(=NCc1coc(-c2cccs2)n1)N(C)CCc1ccc(OC)c(OC)c1.I. The van der Waals surface area contributed by atoms with Crippen molar-refractivity contribution in [2.75, 3.05) is 34.4 Å². The smallest absolute Gasteiger partial charge is 0.236 e. The van der Waals surface area contributed by atoms with Crippen LogP contribution in [0, 0.1) is 0 Å². The van der Waals surface area contributed by atoms with Crippen molar-refractivity contribution in [1.29, 1.82) is 0 Å². The van der Waals surface area contributed by atoms with Gasteiger partial charge < -0.3 is 24.1 Å². The van der Waals surface area contributed by atoms with Crippen LogP contribution in [0.5, 0.6) is 11.5 Å². The molecule has 0 unspecified atom stereocenters. The zero-order chi connectivity index (χ0) is 21.3. The Morgan fingerprint density at radius 2 is 2.03 bits per heavy atom. The molecule has 0 aliphatic rings. The molecular weight excluding hydrogens is 527 g/mol. The highest BCUT2D eigenvalue weighted by molar-refractivity contribution is 14.0. The molecule has 0 aliphatic heterocycles. The van der Waals surface area contributed by atoms with Crippen LogP contribution in [-0.4, -0.2) is 50.2 Å². The predicted molar refractivity (Wildman–Crippen MR) is 136 cm³/mol. The Morgan fingerprint density at radius 1 is 1.23 bits per heavy atom. The normalized spacial score (nSPS) is 11.0. The average Bonchev–Trinajstić information content (AvgIpc) is 3.46. The highest BCUT2D eigenvalue weighted by atomic mass is 127. The minimum atomic E-state index is 0. The molecular formula is C22H29IN4O3S. The number of likely N-dealkylation sites (N-methyl/N-ethyl adjacent to an activating group) is 1. The minimum absolute atomic E-state index is 0. The molecule has 0 saturated carbocycles. The maximum atomic E-state index is 5.58. The van der Waals surface area contributed by atoms with Crippen molar-refractivity contribution in [2.45, 2.75) is 19.9 Å². The number of oxazole rings is 1. The van der Waals surface area contributed by atoms with Gasteiger partial charge in [0.1, 0.15) is 12.0 Å². The van der Waals surface area contributed by atoms with Crippen molar-refractivity contribution in [1.82, 2.24) is 15.2 Å². The molecule has 0 fully saturated rings. The molecule has 168 valence electrons. The lowest BCUT2D eigenvalue weighted by Gasteiger charge is -2.22. The number of methoxy groups -OCH3 is 2. The highest BCUT2D eigenvalue weighted by Gasteiger charge is 2.10. The number of aromatic nitrogens is 1. The first-order chi connectivity index (χ1) is 14.6. The third-order valence-electron chi connectivity index (χ3n) is 4.55. The van der Waals surface area contributed by atoms with E-state index in [1.807, 2.05) is 36.7 Å². The number of thiophene rings is 1. The van der Waals surface area contributed by atoms with Crippen LogP contribution in [0.2, 0.25) is 0 Å². The summed E-state index contributed by atoms with van der Waals surface area (Å²) in [6, 6.07) is 9.98. The van der Waals surface area contributed by atoms with Crippen molar-refractivity contribution < 1.29 is 13.9 Å². The molecule has 0 saturated heterocycles. The molecule has 31 heavy (non-hydrogen) atoms. The number of nitrogens with one attached hydrogen (secondary N) is 1. The van der Waals surface area contributed by atoms with E-state index in [2.05, 4.69) is 28.2 Å². The largest absolute Gasteiger partial charge is 0.493 e. The second-order valence-corrected chi connectivity index (χ2v) is 7.60. The van der Waals surface area contributed by atoms with Crippen molar-refractivity contribution in [3.8, 4) is 22.3 Å². The van der Waals surface area contributed by atoms with Gasteiger partial charge in [0, 0.05) is 20.1 Å². The summed E-state index contributed by atoms with van der Waals surface area (Å²) in [5, 5.41) is 5.35. The van der Waals surface area contributed by atoms with Crippen molar-refractivity contribution >= 4 is 41.3 Å². The summed E-state index contributed by atoms with van der Waals surface area (Å²) in [6.45, 7) is 4.11. The monoisotopic (exact) mass is 556 g/mol. The Hall–Kier alpha value is -2.27. The van der Waals surface area contributed by atoms with E-state index in [9.17, 15) is 0 Å². The molecule has 0 amide bonds. The fraction of sp³-hybridized carbons (Fsp3) is 0.364. The lowest BCUT2D eigenvalue weighted by atomic mass is 10.1. The summed E-state index contributed by atoms with van der Waals surface area (Å²) < 4.78 is 16.3. The summed E-state index contributed by atoms with van der Waals surface area (Å²) >= 11 is 1.61. The fourth-order valence-electron chi connectivity index (χ4n) is 2.96. The molecule has 0 spiro atoms. The summed E-state index contributed by atoms with van der Waals surface area (Å²) in [7, 11) is 5.32. The predicted octanol–water partition coefficient (Wildman–Crippen LogP) is 4.68. The number of hydrogen-bond donors (Lipinski definition) is 1. The third-order valence-corrected chi connectivity index (χ3v) is 5.41. The number of hydrogen-bond acceptors (Lipinski definition) is 6. The standard InChI is InChI=1S/C22H28N4O3S.HI/c1-5-23-22(24-14-17-15-29-21(25-17)20-7-6-12-30-20)26(2)11-10-16-8-9-18(27-3)19(13-16)28-4;/h6-9,12-13,15H,5,10-11,14H2,1-4H3,(H,23,24);1H. The van der Waals surface area contributed by atoms with Gasteiger partial charge in [0.05, 0.1) is 25.6 Å². The van der Waals surface area contributed by atoms with Gasteiger partial charge in [0.25, 0.3) is 0 Å². The Labute approximate surface area is 204 Å². The van der Waals surface area contributed by atoms with Gasteiger partial charge in [-0.1, -0.05) is 12.1 Å². The van der Waals surface area contributed by atoms with E-state index in [-0.39, 0.29) is 24.0 Å². The van der Waals surface area contributed by atoms with Gasteiger partial charge in [-0.25, -0.2) is 9.98 Å². The molecule has 0 bridgehead atoms. The van der Waals surface area contributed by atoms with Crippen LogP contribution in [0.3, 0.4) is 0 Å². The molecule has 2 aromatic heterocycles. The van der Waals surface area contributed by atoms with Crippen LogP contribution < -0.4 is 14.8 Å². The number of nitrogens with zero attached hydrogens (tertiary/aromatic N) is 3. The van der Waals surface area contributed by atoms with Crippen molar-refractivity contribution in [3.63, 3.8) is 0 Å². The zero-order valence-corrected chi connectivity index (χ0v) is 21.4. The molecule has 2 heterocycles. The van der Waals surface area contributed by atoms with E-state index < -0.39 is 0 Å². The van der Waals surface area contributed by atoms with Gasteiger partial charge in [-0.2, -0.15) is 0 Å². The van der Waals surface area contributed by atoms with E-state index in [1.165, 1.54) is 5.56 Å². The lowest BCUT2D eigenvalue weighted by Crippen LogP contribution is -2.39. The third kappa shape index (κ3) is 6.86. The van der Waals surface area contributed by atoms with E-state index in [0.717, 1.165) is 47.5 Å². The van der Waals surface area contributed by atoms with Crippen molar-refractivity contribution in [3.05, 3.63) is 53.2 Å². The van der Waals surface area contributed by atoms with E-state index >= 15 is 0 Å². The number of halogens is 1. The van der Waals surface area contributed by atoms with Gasteiger partial charge >= 0.3 is 0 Å². The van der Waals surface area contributed by atoms with E-state index in [1.54, 1.807) is 31.8 Å². The van der Waals surface area contributed by atoms with Gasteiger partial charge in [0.2, 0.25) is 5.89 Å². The zero-order valence-electron chi connectivity index (χ0n) is 18.3. The lowest BCUT2D eigenvalue weighted by molar-refractivity contribution is 0.354. The van der Waals surface area contributed by atoms with Gasteiger partial charge in [0.15, 0.2) is 17.5 Å².